The summed E-state index contributed by atoms with van der Waals surface area (Å²) in [6, 6.07) is 10.4. The maximum Gasteiger partial charge on any atom is 0.186 e. The van der Waals surface area contributed by atoms with E-state index in [0.717, 1.165) is 67.4 Å². The molecule has 31 heavy (non-hydrogen) atoms. The van der Waals surface area contributed by atoms with E-state index < -0.39 is 0 Å². The number of thiazole rings is 1. The number of anilines is 1. The number of likely N-dealkylation sites (N-methyl/N-ethyl adjacent to an activating group) is 1. The molecule has 0 N–H and O–H groups in total. The van der Waals surface area contributed by atoms with E-state index >= 15 is 0 Å². The first kappa shape index (κ1) is 21.9. The van der Waals surface area contributed by atoms with E-state index in [2.05, 4.69) is 45.9 Å². The number of Topliss-reactive ketones (excluding diaryl/α,β-unsaturated/α-hetero) is 1. The molecule has 3 aromatic rings. The smallest absolute Gasteiger partial charge is 0.186 e. The Labute approximate surface area is 189 Å². The van der Waals surface area contributed by atoms with Crippen LogP contribution in [0.15, 0.2) is 42.7 Å². The van der Waals surface area contributed by atoms with Crippen LogP contribution in [0.1, 0.15) is 47.8 Å². The van der Waals surface area contributed by atoms with E-state index in [0.29, 0.717) is 12.3 Å². The maximum atomic E-state index is 13.1. The second-order valence-electron chi connectivity index (χ2n) is 8.67. The van der Waals surface area contributed by atoms with Crippen LogP contribution in [0.2, 0.25) is 0 Å². The Balaban J connectivity index is 1.42. The van der Waals surface area contributed by atoms with Gasteiger partial charge in [0.25, 0.3) is 0 Å². The zero-order valence-electron chi connectivity index (χ0n) is 18.6. The minimum atomic E-state index is 0.229. The molecule has 0 spiro atoms. The molecule has 0 saturated carbocycles. The minimum Gasteiger partial charge on any atom is -0.346 e. The summed E-state index contributed by atoms with van der Waals surface area (Å²) >= 11 is 1.56. The highest BCUT2D eigenvalue weighted by Gasteiger charge is 2.21. The third kappa shape index (κ3) is 5.69. The Morgan fingerprint density at radius 2 is 1.94 bits per heavy atom. The van der Waals surface area contributed by atoms with Crippen molar-refractivity contribution in [3.8, 4) is 0 Å². The van der Waals surface area contributed by atoms with Crippen LogP contribution in [-0.2, 0) is 6.42 Å². The quantitative estimate of drug-likeness (QED) is 0.439. The number of hydrogen-bond acceptors (Lipinski definition) is 6. The molecule has 4 rings (SSSR count). The predicted molar refractivity (Wildman–Crippen MR) is 129 cm³/mol. The van der Waals surface area contributed by atoms with Gasteiger partial charge in [-0.1, -0.05) is 49.3 Å². The van der Waals surface area contributed by atoms with Crippen molar-refractivity contribution in [2.24, 2.45) is 5.92 Å². The molecule has 3 heterocycles. The number of rotatable bonds is 9. The zero-order chi connectivity index (χ0) is 21.6. The van der Waals surface area contributed by atoms with E-state index in [-0.39, 0.29) is 5.78 Å². The second-order valence-corrected chi connectivity index (χ2v) is 9.68. The van der Waals surface area contributed by atoms with E-state index in [1.165, 1.54) is 10.9 Å². The fourth-order valence-corrected chi connectivity index (χ4v) is 5.15. The largest absolute Gasteiger partial charge is 0.346 e. The summed E-state index contributed by atoms with van der Waals surface area (Å²) in [5.74, 6) is 0.567. The average molecular weight is 437 g/mol. The second kappa shape index (κ2) is 10.3. The van der Waals surface area contributed by atoms with E-state index in [4.69, 9.17) is 0 Å². The van der Waals surface area contributed by atoms with Gasteiger partial charge < -0.3 is 9.80 Å². The number of aromatic nitrogens is 2. The molecule has 0 aliphatic carbocycles. The molecule has 1 aromatic carbocycles. The van der Waals surface area contributed by atoms with Gasteiger partial charge in [0.1, 0.15) is 0 Å². The van der Waals surface area contributed by atoms with Crippen molar-refractivity contribution in [2.45, 2.75) is 39.0 Å². The molecule has 1 aliphatic rings. The molecule has 1 saturated heterocycles. The third-order valence-electron chi connectivity index (χ3n) is 6.15. The monoisotopic (exact) mass is 436 g/mol. The Morgan fingerprint density at radius 3 is 2.74 bits per heavy atom. The van der Waals surface area contributed by atoms with Gasteiger partial charge in [0.2, 0.25) is 0 Å². The van der Waals surface area contributed by atoms with Crippen LogP contribution in [0.5, 0.6) is 0 Å². The number of fused-ring (bicyclic) bond motifs is 1. The molecule has 164 valence electrons. The number of pyridine rings is 1. The van der Waals surface area contributed by atoms with Crippen LogP contribution < -0.4 is 4.90 Å². The molecule has 1 fully saturated rings. The standard InChI is InChI=1S/C25H32N4OS/c1-3-4-7-19(14-20-15-21-8-5-6-9-22(21)26-17-20)16-23(30)24-18-27-25(31-24)29-12-10-28(2)11-13-29/h5-6,8-9,15,17-19H,3-4,7,10-14,16H2,1-2H3. The number of ketones is 1. The number of nitrogens with zero attached hydrogens (tertiary/aromatic N) is 4. The van der Waals surface area contributed by atoms with Gasteiger partial charge in [0.05, 0.1) is 16.6 Å². The van der Waals surface area contributed by atoms with Crippen LogP contribution in [0, 0.1) is 5.92 Å². The number of unbranched alkanes of at least 4 members (excludes halogenated alkanes) is 1. The van der Waals surface area contributed by atoms with Crippen molar-refractivity contribution in [1.82, 2.24) is 14.9 Å². The normalized spacial score (nSPS) is 16.0. The number of para-hydroxylation sites is 1. The molecule has 0 amide bonds. The fraction of sp³-hybridized carbons (Fsp3) is 0.480. The van der Waals surface area contributed by atoms with E-state index in [1.807, 2.05) is 24.4 Å². The van der Waals surface area contributed by atoms with Gasteiger partial charge >= 0.3 is 0 Å². The Bertz CT molecular complexity index is 1010. The third-order valence-corrected chi connectivity index (χ3v) is 7.25. The molecule has 0 radical (unpaired) electrons. The maximum absolute atomic E-state index is 13.1. The number of hydrogen-bond donors (Lipinski definition) is 0. The van der Waals surface area contributed by atoms with Crippen molar-refractivity contribution >= 4 is 33.2 Å². The highest BCUT2D eigenvalue weighted by molar-refractivity contribution is 7.17. The Hall–Kier alpha value is -2.31. The first-order chi connectivity index (χ1) is 15.1. The number of piperazine rings is 1. The SMILES string of the molecule is CCCCC(CC(=O)c1cnc(N2CCN(C)CC2)s1)Cc1cnc2ccccc2c1. The molecule has 0 bridgehead atoms. The van der Waals surface area contributed by atoms with Gasteiger partial charge in [0.15, 0.2) is 10.9 Å². The first-order valence-electron chi connectivity index (χ1n) is 11.4. The van der Waals surface area contributed by atoms with Crippen molar-refractivity contribution < 1.29 is 4.79 Å². The van der Waals surface area contributed by atoms with Crippen LogP contribution >= 0.6 is 11.3 Å². The molecule has 5 nitrogen and oxygen atoms in total. The predicted octanol–water partition coefficient (Wildman–Crippen LogP) is 5.07. The van der Waals surface area contributed by atoms with Crippen molar-refractivity contribution in [2.75, 3.05) is 38.1 Å². The lowest BCUT2D eigenvalue weighted by atomic mass is 9.89. The summed E-state index contributed by atoms with van der Waals surface area (Å²) in [7, 11) is 2.15. The molecule has 2 aromatic heterocycles. The molecule has 1 atom stereocenters. The van der Waals surface area contributed by atoms with Crippen LogP contribution in [0.4, 0.5) is 5.13 Å². The van der Waals surface area contributed by atoms with Crippen molar-refractivity contribution in [3.05, 3.63) is 53.2 Å². The number of carbonyl (C=O) groups is 1. The van der Waals surface area contributed by atoms with Crippen molar-refractivity contribution in [3.63, 3.8) is 0 Å². The van der Waals surface area contributed by atoms with Gasteiger partial charge in [-0.05, 0) is 43.5 Å². The summed E-state index contributed by atoms with van der Waals surface area (Å²) in [5.41, 5.74) is 2.24. The van der Waals surface area contributed by atoms with Crippen LogP contribution in [0.25, 0.3) is 10.9 Å². The Morgan fingerprint density at radius 1 is 1.13 bits per heavy atom. The van der Waals surface area contributed by atoms with Gasteiger partial charge in [0, 0.05) is 44.2 Å². The average Bonchev–Trinajstić information content (AvgIpc) is 3.28. The first-order valence-corrected chi connectivity index (χ1v) is 12.2. The van der Waals surface area contributed by atoms with Crippen LogP contribution in [-0.4, -0.2) is 53.9 Å². The molecular formula is C25H32N4OS. The topological polar surface area (TPSA) is 49.3 Å². The summed E-state index contributed by atoms with van der Waals surface area (Å²) in [6.45, 7) is 6.25. The lowest BCUT2D eigenvalue weighted by Crippen LogP contribution is -2.44. The van der Waals surface area contributed by atoms with Gasteiger partial charge in [-0.2, -0.15) is 0 Å². The highest BCUT2D eigenvalue weighted by Crippen LogP contribution is 2.28. The van der Waals surface area contributed by atoms with E-state index in [1.54, 1.807) is 17.5 Å². The summed E-state index contributed by atoms with van der Waals surface area (Å²) in [6.07, 6.45) is 8.60. The zero-order valence-corrected chi connectivity index (χ0v) is 19.4. The lowest BCUT2D eigenvalue weighted by Gasteiger charge is -2.32. The molecular weight excluding hydrogens is 404 g/mol. The minimum absolute atomic E-state index is 0.229. The molecule has 6 heteroatoms. The number of carbonyl (C=O) groups excluding carboxylic acids is 1. The molecule has 1 unspecified atom stereocenters. The van der Waals surface area contributed by atoms with Crippen molar-refractivity contribution in [1.29, 1.82) is 0 Å². The van der Waals surface area contributed by atoms with Gasteiger partial charge in [-0.15, -0.1) is 0 Å². The van der Waals surface area contributed by atoms with Gasteiger partial charge in [-0.3, -0.25) is 9.78 Å². The fourth-order valence-electron chi connectivity index (χ4n) is 4.23. The van der Waals surface area contributed by atoms with E-state index in [9.17, 15) is 4.79 Å². The molecule has 1 aliphatic heterocycles. The summed E-state index contributed by atoms with van der Waals surface area (Å²) < 4.78 is 0. The van der Waals surface area contributed by atoms with Crippen LogP contribution in [0.3, 0.4) is 0 Å². The number of benzene rings is 1. The summed E-state index contributed by atoms with van der Waals surface area (Å²) in [5, 5.41) is 2.15. The highest BCUT2D eigenvalue weighted by atomic mass is 32.1. The Kier molecular flexibility index (Phi) is 7.30. The lowest BCUT2D eigenvalue weighted by molar-refractivity contribution is 0.0962. The van der Waals surface area contributed by atoms with Gasteiger partial charge in [-0.25, -0.2) is 4.98 Å². The summed E-state index contributed by atoms with van der Waals surface area (Å²) in [4.78, 5) is 27.7.